The smallest absolute Gasteiger partial charge is 0.222 e. The van der Waals surface area contributed by atoms with Crippen LogP contribution >= 0.6 is 0 Å². The third-order valence-corrected chi connectivity index (χ3v) is 5.12. The number of rotatable bonds is 5. The number of likely N-dealkylation sites (N-methyl/N-ethyl adjacent to an activating group) is 1. The standard InChI is InChI=1S/C19H24N6O/c1-11-4-3-5-14-18(11)23-16(21-14)6-7-25(2)17-10-15(22-19(20)24-17)12-8-13(26)9-12/h3-5,10,12-13,26H,6-9H2,1-2H3,(H,21,23)(H2,20,22,24). The van der Waals surface area contributed by atoms with Crippen LogP contribution in [0.25, 0.3) is 11.0 Å². The summed E-state index contributed by atoms with van der Waals surface area (Å²) in [6.07, 6.45) is 2.07. The van der Waals surface area contributed by atoms with E-state index >= 15 is 0 Å². The quantitative estimate of drug-likeness (QED) is 0.650. The summed E-state index contributed by atoms with van der Waals surface area (Å²) in [5.41, 5.74) is 10.1. The summed E-state index contributed by atoms with van der Waals surface area (Å²) >= 11 is 0. The molecule has 4 N–H and O–H groups in total. The molecule has 4 rings (SSSR count). The van der Waals surface area contributed by atoms with Gasteiger partial charge in [0.15, 0.2) is 0 Å². The Morgan fingerprint density at radius 1 is 1.27 bits per heavy atom. The van der Waals surface area contributed by atoms with Crippen LogP contribution in [0.3, 0.4) is 0 Å². The molecule has 7 nitrogen and oxygen atoms in total. The lowest BCUT2D eigenvalue weighted by atomic mass is 9.80. The highest BCUT2D eigenvalue weighted by atomic mass is 16.3. The van der Waals surface area contributed by atoms with E-state index in [4.69, 9.17) is 10.7 Å². The van der Waals surface area contributed by atoms with Crippen molar-refractivity contribution in [2.75, 3.05) is 24.2 Å². The molecule has 2 heterocycles. The van der Waals surface area contributed by atoms with Gasteiger partial charge in [-0.15, -0.1) is 0 Å². The molecule has 1 aromatic carbocycles. The fourth-order valence-corrected chi connectivity index (χ4v) is 3.44. The van der Waals surface area contributed by atoms with Gasteiger partial charge in [0.1, 0.15) is 11.6 Å². The van der Waals surface area contributed by atoms with E-state index in [0.717, 1.165) is 54.2 Å². The first-order valence-corrected chi connectivity index (χ1v) is 8.97. The van der Waals surface area contributed by atoms with Crippen molar-refractivity contribution in [3.05, 3.63) is 41.3 Å². The summed E-state index contributed by atoms with van der Waals surface area (Å²) in [5, 5.41) is 9.52. The zero-order valence-corrected chi connectivity index (χ0v) is 15.1. The number of aryl methyl sites for hydroxylation is 1. The molecule has 0 amide bonds. The van der Waals surface area contributed by atoms with Crippen LogP contribution in [0.2, 0.25) is 0 Å². The maximum absolute atomic E-state index is 9.52. The summed E-state index contributed by atoms with van der Waals surface area (Å²) in [5.74, 6) is 2.33. The molecule has 136 valence electrons. The molecule has 26 heavy (non-hydrogen) atoms. The predicted octanol–water partition coefficient (Wildman–Crippen LogP) is 2.16. The lowest BCUT2D eigenvalue weighted by Gasteiger charge is -2.31. The number of imidazole rings is 1. The topological polar surface area (TPSA) is 104 Å². The number of aliphatic hydroxyl groups is 1. The van der Waals surface area contributed by atoms with Crippen molar-refractivity contribution >= 4 is 22.8 Å². The third-order valence-electron chi connectivity index (χ3n) is 5.12. The Kier molecular flexibility index (Phi) is 4.24. The fraction of sp³-hybridized carbons (Fsp3) is 0.421. The number of anilines is 2. The monoisotopic (exact) mass is 352 g/mol. The molecule has 3 aromatic rings. The van der Waals surface area contributed by atoms with E-state index in [2.05, 4.69) is 32.8 Å². The normalized spacial score (nSPS) is 19.5. The Morgan fingerprint density at radius 3 is 2.81 bits per heavy atom. The molecule has 1 saturated carbocycles. The second kappa shape index (κ2) is 6.57. The highest BCUT2D eigenvalue weighted by molar-refractivity contribution is 5.78. The number of aliphatic hydroxyl groups excluding tert-OH is 1. The van der Waals surface area contributed by atoms with Crippen LogP contribution in [-0.2, 0) is 6.42 Å². The van der Waals surface area contributed by atoms with Gasteiger partial charge in [0, 0.05) is 32.0 Å². The van der Waals surface area contributed by atoms with Gasteiger partial charge in [0.05, 0.1) is 22.8 Å². The van der Waals surface area contributed by atoms with Crippen LogP contribution in [0.15, 0.2) is 24.3 Å². The lowest BCUT2D eigenvalue weighted by molar-refractivity contribution is 0.0732. The van der Waals surface area contributed by atoms with Crippen LogP contribution in [-0.4, -0.2) is 44.7 Å². The third kappa shape index (κ3) is 3.22. The Balaban J connectivity index is 1.47. The van der Waals surface area contributed by atoms with Crippen molar-refractivity contribution in [3.63, 3.8) is 0 Å². The maximum Gasteiger partial charge on any atom is 0.222 e. The van der Waals surface area contributed by atoms with Crippen LogP contribution in [0.5, 0.6) is 0 Å². The molecule has 2 aromatic heterocycles. The van der Waals surface area contributed by atoms with Crippen molar-refractivity contribution in [1.29, 1.82) is 0 Å². The Labute approximate surface area is 152 Å². The number of hydrogen-bond acceptors (Lipinski definition) is 6. The molecule has 0 atom stereocenters. The van der Waals surface area contributed by atoms with Gasteiger partial charge >= 0.3 is 0 Å². The molecule has 1 fully saturated rings. The van der Waals surface area contributed by atoms with Gasteiger partial charge in [-0.3, -0.25) is 0 Å². The van der Waals surface area contributed by atoms with Crippen molar-refractivity contribution < 1.29 is 5.11 Å². The van der Waals surface area contributed by atoms with E-state index in [9.17, 15) is 5.11 Å². The van der Waals surface area contributed by atoms with E-state index < -0.39 is 0 Å². The largest absolute Gasteiger partial charge is 0.393 e. The van der Waals surface area contributed by atoms with Crippen LogP contribution in [0.1, 0.15) is 35.8 Å². The molecule has 0 radical (unpaired) electrons. The molecular formula is C19H24N6O. The number of para-hydroxylation sites is 1. The molecule has 0 unspecified atom stereocenters. The first-order valence-electron chi connectivity index (χ1n) is 8.97. The average Bonchev–Trinajstić information content (AvgIpc) is 3.01. The Bertz CT molecular complexity index is 931. The summed E-state index contributed by atoms with van der Waals surface area (Å²) < 4.78 is 0. The highest BCUT2D eigenvalue weighted by Gasteiger charge is 2.30. The summed E-state index contributed by atoms with van der Waals surface area (Å²) in [7, 11) is 2.00. The molecule has 0 bridgehead atoms. The number of aromatic nitrogens is 4. The second-order valence-corrected chi connectivity index (χ2v) is 7.16. The average molecular weight is 352 g/mol. The van der Waals surface area contributed by atoms with Crippen molar-refractivity contribution in [2.45, 2.75) is 38.2 Å². The van der Waals surface area contributed by atoms with Gasteiger partial charge < -0.3 is 20.7 Å². The van der Waals surface area contributed by atoms with E-state index in [-0.39, 0.29) is 18.0 Å². The lowest BCUT2D eigenvalue weighted by Crippen LogP contribution is -2.28. The molecule has 1 aliphatic rings. The number of nitrogens with one attached hydrogen (secondary N) is 1. The molecule has 1 aliphatic carbocycles. The minimum atomic E-state index is -0.214. The molecule has 0 saturated heterocycles. The van der Waals surface area contributed by atoms with Gasteiger partial charge in [0.2, 0.25) is 5.95 Å². The van der Waals surface area contributed by atoms with E-state index in [1.54, 1.807) is 0 Å². The Morgan fingerprint density at radius 2 is 2.08 bits per heavy atom. The molecule has 0 aliphatic heterocycles. The minimum Gasteiger partial charge on any atom is -0.393 e. The SMILES string of the molecule is Cc1cccc2[nH]c(CCN(C)c3cc(C4CC(O)C4)nc(N)n3)nc12. The number of aromatic amines is 1. The molecular weight excluding hydrogens is 328 g/mol. The summed E-state index contributed by atoms with van der Waals surface area (Å²) in [4.78, 5) is 18.9. The fourth-order valence-electron chi connectivity index (χ4n) is 3.44. The maximum atomic E-state index is 9.52. The number of benzene rings is 1. The zero-order valence-electron chi connectivity index (χ0n) is 15.1. The van der Waals surface area contributed by atoms with Crippen molar-refractivity contribution in [3.8, 4) is 0 Å². The number of nitrogens with zero attached hydrogens (tertiary/aromatic N) is 4. The summed E-state index contributed by atoms with van der Waals surface area (Å²) in [6, 6.07) is 8.14. The number of nitrogen functional groups attached to an aromatic ring is 1. The first kappa shape index (κ1) is 16.8. The van der Waals surface area contributed by atoms with E-state index in [1.807, 2.05) is 25.2 Å². The number of nitrogens with two attached hydrogens (primary N) is 1. The number of fused-ring (bicyclic) bond motifs is 1. The van der Waals surface area contributed by atoms with E-state index in [0.29, 0.717) is 0 Å². The van der Waals surface area contributed by atoms with Gasteiger partial charge in [0.25, 0.3) is 0 Å². The molecule has 7 heteroatoms. The van der Waals surface area contributed by atoms with Gasteiger partial charge in [-0.2, -0.15) is 4.98 Å². The zero-order chi connectivity index (χ0) is 18.3. The van der Waals surface area contributed by atoms with Crippen LogP contribution < -0.4 is 10.6 Å². The minimum absolute atomic E-state index is 0.214. The predicted molar refractivity (Wildman–Crippen MR) is 102 cm³/mol. The molecule has 0 spiro atoms. The van der Waals surface area contributed by atoms with Crippen molar-refractivity contribution in [2.24, 2.45) is 0 Å². The van der Waals surface area contributed by atoms with Gasteiger partial charge in [-0.1, -0.05) is 12.1 Å². The Hall–Kier alpha value is -2.67. The summed E-state index contributed by atoms with van der Waals surface area (Å²) in [6.45, 7) is 2.84. The van der Waals surface area contributed by atoms with Gasteiger partial charge in [-0.05, 0) is 31.4 Å². The second-order valence-electron chi connectivity index (χ2n) is 7.16. The van der Waals surface area contributed by atoms with Crippen LogP contribution in [0.4, 0.5) is 11.8 Å². The van der Waals surface area contributed by atoms with E-state index in [1.165, 1.54) is 5.56 Å². The highest BCUT2D eigenvalue weighted by Crippen LogP contribution is 2.36. The number of hydrogen-bond donors (Lipinski definition) is 3. The number of H-pyrrole nitrogens is 1. The van der Waals surface area contributed by atoms with Crippen molar-refractivity contribution in [1.82, 2.24) is 19.9 Å². The first-order chi connectivity index (χ1) is 12.5. The van der Waals surface area contributed by atoms with Gasteiger partial charge in [-0.25, -0.2) is 9.97 Å². The van der Waals surface area contributed by atoms with Crippen LogP contribution in [0, 0.1) is 6.92 Å².